The Morgan fingerprint density at radius 3 is 2.83 bits per heavy atom. The molecule has 3 aromatic rings. The molecule has 0 aliphatic rings. The monoisotopic (exact) mass is 329 g/mol. The van der Waals surface area contributed by atoms with Crippen LogP contribution < -0.4 is 5.32 Å². The third-order valence-electron chi connectivity index (χ3n) is 3.40. The van der Waals surface area contributed by atoms with E-state index >= 15 is 0 Å². The summed E-state index contributed by atoms with van der Waals surface area (Å²) >= 11 is 1.16. The third kappa shape index (κ3) is 3.24. The van der Waals surface area contributed by atoms with Crippen molar-refractivity contribution in [3.05, 3.63) is 46.7 Å². The van der Waals surface area contributed by atoms with Crippen LogP contribution in [0, 0.1) is 20.8 Å². The summed E-state index contributed by atoms with van der Waals surface area (Å²) in [5.41, 5.74) is 3.65. The minimum absolute atomic E-state index is 0.272. The van der Waals surface area contributed by atoms with Crippen molar-refractivity contribution in [1.82, 2.24) is 28.7 Å². The highest BCUT2D eigenvalue weighted by Gasteiger charge is 2.18. The SMILES string of the molecule is Cc1ccnc(NC(=O)c2nnn(Cc3nsnc3C)c2C)c1. The van der Waals surface area contributed by atoms with E-state index in [-0.39, 0.29) is 11.6 Å². The average Bonchev–Trinajstić information content (AvgIpc) is 3.07. The van der Waals surface area contributed by atoms with Crippen LogP contribution >= 0.6 is 11.7 Å². The van der Waals surface area contributed by atoms with E-state index in [1.807, 2.05) is 19.9 Å². The minimum Gasteiger partial charge on any atom is -0.305 e. The van der Waals surface area contributed by atoms with Gasteiger partial charge in [-0.1, -0.05) is 5.21 Å². The number of anilines is 1. The fourth-order valence-electron chi connectivity index (χ4n) is 2.04. The number of nitrogens with one attached hydrogen (secondary N) is 1. The van der Waals surface area contributed by atoms with E-state index in [4.69, 9.17) is 0 Å². The molecule has 1 N–H and O–H groups in total. The number of carbonyl (C=O) groups is 1. The predicted octanol–water partition coefficient (Wildman–Crippen LogP) is 1.75. The van der Waals surface area contributed by atoms with Gasteiger partial charge in [0.2, 0.25) is 0 Å². The Kier molecular flexibility index (Phi) is 4.11. The summed E-state index contributed by atoms with van der Waals surface area (Å²) in [4.78, 5) is 16.4. The maximum absolute atomic E-state index is 12.3. The smallest absolute Gasteiger partial charge is 0.279 e. The molecule has 0 aliphatic heterocycles. The molecule has 8 nitrogen and oxygen atoms in total. The van der Waals surface area contributed by atoms with Crippen LogP contribution in [-0.2, 0) is 6.54 Å². The molecular formula is C14H15N7OS. The van der Waals surface area contributed by atoms with Gasteiger partial charge in [-0.3, -0.25) is 4.79 Å². The zero-order valence-electron chi connectivity index (χ0n) is 12.9. The van der Waals surface area contributed by atoms with Crippen molar-refractivity contribution in [2.24, 2.45) is 0 Å². The Bertz CT molecular complexity index is 854. The van der Waals surface area contributed by atoms with Gasteiger partial charge in [-0.2, -0.15) is 8.75 Å². The number of carbonyl (C=O) groups excluding carboxylic acids is 1. The average molecular weight is 329 g/mol. The summed E-state index contributed by atoms with van der Waals surface area (Å²) in [7, 11) is 0. The van der Waals surface area contributed by atoms with Crippen LogP contribution in [0.2, 0.25) is 0 Å². The van der Waals surface area contributed by atoms with Crippen LogP contribution in [-0.4, -0.2) is 34.6 Å². The van der Waals surface area contributed by atoms with Gasteiger partial charge in [0, 0.05) is 6.20 Å². The van der Waals surface area contributed by atoms with E-state index in [1.54, 1.807) is 23.9 Å². The van der Waals surface area contributed by atoms with Crippen LogP contribution in [0.25, 0.3) is 0 Å². The van der Waals surface area contributed by atoms with Crippen LogP contribution in [0.5, 0.6) is 0 Å². The van der Waals surface area contributed by atoms with Crippen LogP contribution in [0.4, 0.5) is 5.82 Å². The van der Waals surface area contributed by atoms with Crippen LogP contribution in [0.15, 0.2) is 18.3 Å². The molecule has 3 rings (SSSR count). The highest BCUT2D eigenvalue weighted by Crippen LogP contribution is 2.12. The molecule has 118 valence electrons. The van der Waals surface area contributed by atoms with E-state index in [0.29, 0.717) is 18.1 Å². The molecule has 0 bridgehead atoms. The molecule has 0 saturated heterocycles. The molecule has 9 heteroatoms. The Labute approximate surface area is 136 Å². The Morgan fingerprint density at radius 1 is 1.30 bits per heavy atom. The maximum atomic E-state index is 12.3. The van der Waals surface area contributed by atoms with E-state index < -0.39 is 0 Å². The fraction of sp³-hybridized carbons (Fsp3) is 0.286. The van der Waals surface area contributed by atoms with Crippen LogP contribution in [0.3, 0.4) is 0 Å². The summed E-state index contributed by atoms with van der Waals surface area (Å²) in [5, 5.41) is 10.7. The highest BCUT2D eigenvalue weighted by atomic mass is 32.1. The first kappa shape index (κ1) is 15.2. The number of hydrogen-bond donors (Lipinski definition) is 1. The van der Waals surface area contributed by atoms with Gasteiger partial charge in [-0.05, 0) is 38.5 Å². The quantitative estimate of drug-likeness (QED) is 0.783. The van der Waals surface area contributed by atoms with Gasteiger partial charge in [0.15, 0.2) is 5.69 Å². The first-order valence-corrected chi connectivity index (χ1v) is 7.69. The Balaban J connectivity index is 1.78. The van der Waals surface area contributed by atoms with Gasteiger partial charge >= 0.3 is 0 Å². The summed E-state index contributed by atoms with van der Waals surface area (Å²) in [6, 6.07) is 3.66. The molecule has 0 saturated carbocycles. The van der Waals surface area contributed by atoms with Gasteiger partial charge in [0.25, 0.3) is 5.91 Å². The van der Waals surface area contributed by atoms with E-state index in [2.05, 4.69) is 29.4 Å². The van der Waals surface area contributed by atoms with E-state index in [9.17, 15) is 4.79 Å². The van der Waals surface area contributed by atoms with Crippen molar-refractivity contribution in [3.8, 4) is 0 Å². The lowest BCUT2D eigenvalue weighted by molar-refractivity contribution is 0.102. The van der Waals surface area contributed by atoms with Crippen molar-refractivity contribution in [2.45, 2.75) is 27.3 Å². The Hall–Kier alpha value is -2.68. The third-order valence-corrected chi connectivity index (χ3v) is 4.06. The largest absolute Gasteiger partial charge is 0.305 e. The summed E-state index contributed by atoms with van der Waals surface area (Å²) < 4.78 is 9.99. The second kappa shape index (κ2) is 6.21. The molecule has 0 fully saturated rings. The fourth-order valence-corrected chi connectivity index (χ4v) is 2.59. The molecule has 1 amide bonds. The van der Waals surface area contributed by atoms with Crippen molar-refractivity contribution < 1.29 is 4.79 Å². The Morgan fingerprint density at radius 2 is 2.13 bits per heavy atom. The maximum Gasteiger partial charge on any atom is 0.279 e. The lowest BCUT2D eigenvalue weighted by Crippen LogP contribution is -2.15. The number of aromatic nitrogens is 6. The molecule has 0 aromatic carbocycles. The molecular weight excluding hydrogens is 314 g/mol. The first-order chi connectivity index (χ1) is 11.0. The molecule has 3 heterocycles. The van der Waals surface area contributed by atoms with E-state index in [1.165, 1.54) is 0 Å². The van der Waals surface area contributed by atoms with Gasteiger partial charge in [0.1, 0.15) is 5.82 Å². The molecule has 0 atom stereocenters. The second-order valence-electron chi connectivity index (χ2n) is 5.15. The molecule has 0 aliphatic carbocycles. The van der Waals surface area contributed by atoms with Crippen molar-refractivity contribution in [2.75, 3.05) is 5.32 Å². The molecule has 23 heavy (non-hydrogen) atoms. The highest BCUT2D eigenvalue weighted by molar-refractivity contribution is 6.99. The van der Waals surface area contributed by atoms with Crippen molar-refractivity contribution in [1.29, 1.82) is 0 Å². The molecule has 0 spiro atoms. The van der Waals surface area contributed by atoms with Crippen molar-refractivity contribution >= 4 is 23.5 Å². The number of aryl methyl sites for hydroxylation is 2. The van der Waals surface area contributed by atoms with Gasteiger partial charge in [0.05, 0.1) is 35.4 Å². The number of nitrogens with zero attached hydrogens (tertiary/aromatic N) is 6. The van der Waals surface area contributed by atoms with Crippen LogP contribution in [0.1, 0.15) is 33.1 Å². The van der Waals surface area contributed by atoms with Gasteiger partial charge < -0.3 is 5.32 Å². The molecule has 0 radical (unpaired) electrons. The lowest BCUT2D eigenvalue weighted by atomic mass is 10.3. The predicted molar refractivity (Wildman–Crippen MR) is 85.4 cm³/mol. The number of hydrogen-bond acceptors (Lipinski definition) is 7. The van der Waals surface area contributed by atoms with E-state index in [0.717, 1.165) is 28.7 Å². The standard InChI is InChI=1S/C14H15N7OS/c1-8-4-5-15-12(6-8)16-14(22)13-10(3)21(20-17-13)7-11-9(2)18-23-19-11/h4-6H,7H2,1-3H3,(H,15,16,22). The second-order valence-corrected chi connectivity index (χ2v) is 5.68. The summed E-state index contributed by atoms with van der Waals surface area (Å²) in [5.74, 6) is 0.156. The summed E-state index contributed by atoms with van der Waals surface area (Å²) in [6.45, 7) is 6.07. The summed E-state index contributed by atoms with van der Waals surface area (Å²) in [6.07, 6.45) is 1.65. The number of amides is 1. The van der Waals surface area contributed by atoms with Crippen molar-refractivity contribution in [3.63, 3.8) is 0 Å². The minimum atomic E-state index is -0.333. The van der Waals surface area contributed by atoms with Gasteiger partial charge in [-0.25, -0.2) is 9.67 Å². The normalized spacial score (nSPS) is 10.7. The zero-order chi connectivity index (χ0) is 16.4. The lowest BCUT2D eigenvalue weighted by Gasteiger charge is -2.04. The topological polar surface area (TPSA) is 98.5 Å². The number of rotatable bonds is 4. The zero-order valence-corrected chi connectivity index (χ0v) is 13.8. The molecule has 3 aromatic heterocycles. The first-order valence-electron chi connectivity index (χ1n) is 6.96. The van der Waals surface area contributed by atoms with Gasteiger partial charge in [-0.15, -0.1) is 5.10 Å². The number of pyridine rings is 1. The molecule has 0 unspecified atom stereocenters.